The van der Waals surface area contributed by atoms with Crippen molar-refractivity contribution in [2.45, 2.75) is 0 Å². The lowest BCUT2D eigenvalue weighted by Crippen LogP contribution is -1.97. The fourth-order valence-electron chi connectivity index (χ4n) is 3.21. The van der Waals surface area contributed by atoms with Crippen LogP contribution in [0.25, 0.3) is 32.7 Å². The van der Waals surface area contributed by atoms with Crippen LogP contribution in [0.5, 0.6) is 11.5 Å². The minimum atomic E-state index is 0.163. The molecule has 118 valence electrons. The summed E-state index contributed by atoms with van der Waals surface area (Å²) in [6.45, 7) is 0. The molecule has 0 bridgehead atoms. The number of phenols is 2. The van der Waals surface area contributed by atoms with Crippen LogP contribution in [-0.4, -0.2) is 10.2 Å². The molecular weight excluding hydrogens is 300 g/mol. The molecule has 0 aliphatic heterocycles. The first-order chi connectivity index (χ1) is 11.5. The highest BCUT2D eigenvalue weighted by Crippen LogP contribution is 2.42. The van der Waals surface area contributed by atoms with Crippen molar-refractivity contribution >= 4 is 32.9 Å². The monoisotopic (exact) mass is 316 g/mol. The first kappa shape index (κ1) is 14.2. The first-order valence-electron chi connectivity index (χ1n) is 7.57. The van der Waals surface area contributed by atoms with Gasteiger partial charge in [0.15, 0.2) is 0 Å². The highest BCUT2D eigenvalue weighted by Gasteiger charge is 2.15. The van der Waals surface area contributed by atoms with Crippen molar-refractivity contribution < 1.29 is 10.2 Å². The van der Waals surface area contributed by atoms with Gasteiger partial charge in [0.1, 0.15) is 11.5 Å². The van der Waals surface area contributed by atoms with E-state index in [4.69, 9.17) is 11.5 Å². The average molecular weight is 316 g/mol. The van der Waals surface area contributed by atoms with Crippen LogP contribution < -0.4 is 11.5 Å². The molecule has 0 saturated carbocycles. The predicted molar refractivity (Wildman–Crippen MR) is 99.0 cm³/mol. The molecule has 0 heterocycles. The summed E-state index contributed by atoms with van der Waals surface area (Å²) >= 11 is 0. The molecule has 0 unspecified atom stereocenters. The van der Waals surface area contributed by atoms with Gasteiger partial charge in [0.2, 0.25) is 0 Å². The van der Waals surface area contributed by atoms with E-state index in [2.05, 4.69) is 0 Å². The maximum absolute atomic E-state index is 9.91. The highest BCUT2D eigenvalue weighted by molar-refractivity contribution is 6.13. The number of nitrogens with two attached hydrogens (primary N) is 2. The Morgan fingerprint density at radius 2 is 0.917 bits per heavy atom. The molecule has 4 nitrogen and oxygen atoms in total. The molecule has 4 rings (SSSR count). The third kappa shape index (κ3) is 2.08. The van der Waals surface area contributed by atoms with Crippen molar-refractivity contribution in [3.8, 4) is 22.6 Å². The second kappa shape index (κ2) is 5.06. The van der Waals surface area contributed by atoms with Gasteiger partial charge in [-0.05, 0) is 57.9 Å². The van der Waals surface area contributed by atoms with E-state index in [1.165, 1.54) is 0 Å². The Balaban J connectivity index is 2.21. The lowest BCUT2D eigenvalue weighted by molar-refractivity contribution is 0.475. The highest BCUT2D eigenvalue weighted by atomic mass is 16.3. The van der Waals surface area contributed by atoms with Crippen molar-refractivity contribution in [2.24, 2.45) is 0 Å². The fraction of sp³-hybridized carbons (Fsp3) is 0. The van der Waals surface area contributed by atoms with Crippen LogP contribution in [0, 0.1) is 0 Å². The molecule has 0 fully saturated rings. The van der Waals surface area contributed by atoms with Crippen LogP contribution >= 0.6 is 0 Å². The number of benzene rings is 4. The van der Waals surface area contributed by atoms with Gasteiger partial charge in [-0.1, -0.05) is 24.3 Å². The summed E-state index contributed by atoms with van der Waals surface area (Å²) in [5.41, 5.74) is 15.2. The number of rotatable bonds is 1. The molecule has 4 aromatic carbocycles. The minimum Gasteiger partial charge on any atom is -0.508 e. The van der Waals surface area contributed by atoms with Gasteiger partial charge in [0, 0.05) is 22.5 Å². The van der Waals surface area contributed by atoms with Gasteiger partial charge < -0.3 is 21.7 Å². The number of anilines is 2. The van der Waals surface area contributed by atoms with E-state index in [9.17, 15) is 10.2 Å². The number of phenolic OH excluding ortho intramolecular Hbond substituents is 2. The molecule has 0 radical (unpaired) electrons. The summed E-state index contributed by atoms with van der Waals surface area (Å²) < 4.78 is 0. The summed E-state index contributed by atoms with van der Waals surface area (Å²) in [5.74, 6) is 0.326. The zero-order chi connectivity index (χ0) is 16.8. The van der Waals surface area contributed by atoms with Crippen molar-refractivity contribution in [2.75, 3.05) is 11.5 Å². The smallest absolute Gasteiger partial charge is 0.116 e. The summed E-state index contributed by atoms with van der Waals surface area (Å²) in [4.78, 5) is 0. The average Bonchev–Trinajstić information content (AvgIpc) is 2.56. The van der Waals surface area contributed by atoms with Crippen molar-refractivity contribution in [1.82, 2.24) is 0 Å². The zero-order valence-electron chi connectivity index (χ0n) is 12.8. The normalized spacial score (nSPS) is 11.2. The third-order valence-corrected chi connectivity index (χ3v) is 4.32. The quantitative estimate of drug-likeness (QED) is 0.395. The molecule has 24 heavy (non-hydrogen) atoms. The van der Waals surface area contributed by atoms with Gasteiger partial charge in [0.25, 0.3) is 0 Å². The Hall–Kier alpha value is -3.40. The zero-order valence-corrected chi connectivity index (χ0v) is 12.8. The van der Waals surface area contributed by atoms with E-state index in [0.717, 1.165) is 32.7 Å². The van der Waals surface area contributed by atoms with Crippen molar-refractivity contribution in [1.29, 1.82) is 0 Å². The molecular formula is C20H16N2O2. The molecule has 0 amide bonds. The summed E-state index contributed by atoms with van der Waals surface area (Å²) in [6, 6.07) is 17.8. The van der Waals surface area contributed by atoms with Crippen molar-refractivity contribution in [3.05, 3.63) is 60.7 Å². The van der Waals surface area contributed by atoms with E-state index in [0.29, 0.717) is 11.4 Å². The van der Waals surface area contributed by atoms with E-state index < -0.39 is 0 Å². The Bertz CT molecular complexity index is 1000. The molecule has 6 N–H and O–H groups in total. The van der Waals surface area contributed by atoms with Gasteiger partial charge in [-0.25, -0.2) is 0 Å². The van der Waals surface area contributed by atoms with E-state index in [1.54, 1.807) is 24.3 Å². The second-order valence-electron chi connectivity index (χ2n) is 5.87. The van der Waals surface area contributed by atoms with E-state index in [1.807, 2.05) is 36.4 Å². The molecule has 0 atom stereocenters. The van der Waals surface area contributed by atoms with Gasteiger partial charge in [-0.3, -0.25) is 0 Å². The molecule has 0 aromatic heterocycles. The van der Waals surface area contributed by atoms with Crippen molar-refractivity contribution in [3.63, 3.8) is 0 Å². The summed E-state index contributed by atoms with van der Waals surface area (Å²) in [7, 11) is 0. The predicted octanol–water partition coefficient (Wildman–Crippen LogP) is 4.24. The Kier molecular flexibility index (Phi) is 3.00. The number of nitrogen functional groups attached to an aromatic ring is 2. The Labute approximate surface area is 138 Å². The van der Waals surface area contributed by atoms with Crippen LogP contribution in [0.4, 0.5) is 11.4 Å². The Morgan fingerprint density at radius 3 is 1.33 bits per heavy atom. The van der Waals surface area contributed by atoms with E-state index >= 15 is 0 Å². The van der Waals surface area contributed by atoms with Gasteiger partial charge in [-0.15, -0.1) is 0 Å². The molecule has 4 aromatic rings. The standard InChI is InChI=1S/C20H16N2O2/c21-17-7-3-11-1-5-13(23)9-15(11)19(17)20-16-10-14(24)6-2-12(16)4-8-18(20)22/h1-10,23-24H,21-22H2. The summed E-state index contributed by atoms with van der Waals surface area (Å²) in [5, 5.41) is 23.4. The second-order valence-corrected chi connectivity index (χ2v) is 5.87. The largest absolute Gasteiger partial charge is 0.508 e. The molecule has 0 aliphatic carbocycles. The lowest BCUT2D eigenvalue weighted by atomic mass is 9.91. The topological polar surface area (TPSA) is 92.5 Å². The minimum absolute atomic E-state index is 0.163. The van der Waals surface area contributed by atoms with Crippen LogP contribution in [0.15, 0.2) is 60.7 Å². The lowest BCUT2D eigenvalue weighted by Gasteiger charge is -2.16. The number of fused-ring (bicyclic) bond motifs is 2. The fourth-order valence-corrected chi connectivity index (χ4v) is 3.21. The van der Waals surface area contributed by atoms with Gasteiger partial charge in [0.05, 0.1) is 0 Å². The third-order valence-electron chi connectivity index (χ3n) is 4.32. The Morgan fingerprint density at radius 1 is 0.542 bits per heavy atom. The maximum Gasteiger partial charge on any atom is 0.116 e. The molecule has 0 spiro atoms. The van der Waals surface area contributed by atoms with Crippen LogP contribution in [0.3, 0.4) is 0 Å². The van der Waals surface area contributed by atoms with Gasteiger partial charge in [-0.2, -0.15) is 0 Å². The summed E-state index contributed by atoms with van der Waals surface area (Å²) in [6.07, 6.45) is 0. The molecule has 0 saturated heterocycles. The SMILES string of the molecule is Nc1ccc2ccc(O)cc2c1-c1c(N)ccc2ccc(O)cc12. The number of hydrogen-bond acceptors (Lipinski definition) is 4. The maximum atomic E-state index is 9.91. The molecule has 4 heteroatoms. The van der Waals surface area contributed by atoms with Crippen LogP contribution in [0.2, 0.25) is 0 Å². The van der Waals surface area contributed by atoms with Crippen LogP contribution in [-0.2, 0) is 0 Å². The first-order valence-corrected chi connectivity index (χ1v) is 7.57. The van der Waals surface area contributed by atoms with Gasteiger partial charge >= 0.3 is 0 Å². The number of hydrogen-bond donors (Lipinski definition) is 4. The molecule has 0 aliphatic rings. The number of aromatic hydroxyl groups is 2. The van der Waals surface area contributed by atoms with Crippen LogP contribution in [0.1, 0.15) is 0 Å². The van der Waals surface area contributed by atoms with E-state index in [-0.39, 0.29) is 11.5 Å².